The molecule has 0 heterocycles. The average molecular weight is 497 g/mol. The molecule has 0 fully saturated rings. The maximum Gasteiger partial charge on any atom is 0.418 e. The van der Waals surface area contributed by atoms with Crippen molar-refractivity contribution >= 4 is 46.6 Å². The fraction of sp³-hybridized carbons (Fsp3) is 0.130. The number of benzene rings is 3. The molecule has 10 heteroatoms. The molecule has 2 amide bonds. The summed E-state index contributed by atoms with van der Waals surface area (Å²) in [5, 5.41) is 4.01. The summed E-state index contributed by atoms with van der Waals surface area (Å²) in [6, 6.07) is 15.1. The Morgan fingerprint density at radius 3 is 2.39 bits per heavy atom. The lowest BCUT2D eigenvalue weighted by Crippen LogP contribution is -2.24. The van der Waals surface area contributed by atoms with Gasteiger partial charge in [-0.2, -0.15) is 13.2 Å². The zero-order chi connectivity index (χ0) is 24.2. The normalized spacial score (nSPS) is 12.2. The Balaban J connectivity index is 1.69. The molecule has 1 unspecified atom stereocenters. The fourth-order valence-electron chi connectivity index (χ4n) is 2.84. The molecule has 0 aromatic heterocycles. The first-order valence-corrected chi connectivity index (χ1v) is 10.8. The number of rotatable bonds is 6. The number of nitrogens with one attached hydrogen (secondary N) is 2. The number of halogens is 5. The predicted octanol–water partition coefficient (Wildman–Crippen LogP) is 6.87. The Morgan fingerprint density at radius 1 is 0.970 bits per heavy atom. The van der Waals surface area contributed by atoms with E-state index in [1.807, 2.05) is 0 Å². The lowest BCUT2D eigenvalue weighted by atomic mass is 10.1. The van der Waals surface area contributed by atoms with Crippen LogP contribution in [0.4, 0.5) is 28.9 Å². The SMILES string of the molecule is CC(Sc1cccc(NC(=O)c2ccccc2F)c1)C(=O)Nc1ccc(Cl)cc1C(F)(F)F. The van der Waals surface area contributed by atoms with E-state index >= 15 is 0 Å². The summed E-state index contributed by atoms with van der Waals surface area (Å²) in [7, 11) is 0. The van der Waals surface area contributed by atoms with Gasteiger partial charge >= 0.3 is 6.18 Å². The van der Waals surface area contributed by atoms with Crippen LogP contribution < -0.4 is 10.6 Å². The molecule has 33 heavy (non-hydrogen) atoms. The second kappa shape index (κ2) is 10.3. The van der Waals surface area contributed by atoms with E-state index in [2.05, 4.69) is 10.6 Å². The minimum absolute atomic E-state index is 0.100. The van der Waals surface area contributed by atoms with Gasteiger partial charge in [0.05, 0.1) is 22.1 Å². The van der Waals surface area contributed by atoms with E-state index in [4.69, 9.17) is 11.6 Å². The molecule has 0 aliphatic carbocycles. The zero-order valence-electron chi connectivity index (χ0n) is 17.0. The molecule has 2 N–H and O–H groups in total. The first-order chi connectivity index (χ1) is 15.5. The van der Waals surface area contributed by atoms with Crippen molar-refractivity contribution in [2.75, 3.05) is 10.6 Å². The van der Waals surface area contributed by atoms with Gasteiger partial charge in [-0.3, -0.25) is 9.59 Å². The van der Waals surface area contributed by atoms with Crippen LogP contribution in [0.1, 0.15) is 22.8 Å². The number of anilines is 2. The smallest absolute Gasteiger partial charge is 0.325 e. The van der Waals surface area contributed by atoms with Crippen molar-refractivity contribution in [2.45, 2.75) is 23.2 Å². The molecular formula is C23H17ClF4N2O2S. The predicted molar refractivity (Wildman–Crippen MR) is 121 cm³/mol. The molecule has 0 saturated heterocycles. The Labute approximate surface area is 196 Å². The molecule has 0 spiro atoms. The highest BCUT2D eigenvalue weighted by Crippen LogP contribution is 2.37. The van der Waals surface area contributed by atoms with E-state index in [9.17, 15) is 27.2 Å². The van der Waals surface area contributed by atoms with E-state index in [-0.39, 0.29) is 10.6 Å². The number of thioether (sulfide) groups is 1. The summed E-state index contributed by atoms with van der Waals surface area (Å²) in [6.07, 6.45) is -4.69. The number of carbonyl (C=O) groups is 2. The average Bonchev–Trinajstić information content (AvgIpc) is 2.74. The highest BCUT2D eigenvalue weighted by Gasteiger charge is 2.34. The third kappa shape index (κ3) is 6.49. The summed E-state index contributed by atoms with van der Waals surface area (Å²) in [4.78, 5) is 25.4. The van der Waals surface area contributed by atoms with Crippen molar-refractivity contribution in [3.05, 3.63) is 88.7 Å². The standard InChI is InChI=1S/C23H17ClF4N2O2S/c1-13(21(31)30-20-10-9-14(24)11-18(20)23(26,27)28)33-16-6-4-5-15(12-16)29-22(32)17-7-2-3-8-19(17)25/h2-13H,1H3,(H,29,32)(H,30,31). The van der Waals surface area contributed by atoms with Crippen LogP contribution in [0, 0.1) is 5.82 Å². The summed E-state index contributed by atoms with van der Waals surface area (Å²) in [6.45, 7) is 1.54. The van der Waals surface area contributed by atoms with Gasteiger partial charge in [0.15, 0.2) is 0 Å². The van der Waals surface area contributed by atoms with E-state index < -0.39 is 40.3 Å². The number of hydrogen-bond acceptors (Lipinski definition) is 3. The molecule has 172 valence electrons. The number of hydrogen-bond donors (Lipinski definition) is 2. The molecule has 0 radical (unpaired) electrons. The van der Waals surface area contributed by atoms with Crippen molar-refractivity contribution in [2.24, 2.45) is 0 Å². The highest BCUT2D eigenvalue weighted by atomic mass is 35.5. The zero-order valence-corrected chi connectivity index (χ0v) is 18.6. The van der Waals surface area contributed by atoms with Gasteiger partial charge in [-0.05, 0) is 55.5 Å². The third-order valence-corrected chi connectivity index (χ3v) is 5.77. The van der Waals surface area contributed by atoms with Gasteiger partial charge in [0.25, 0.3) is 5.91 Å². The van der Waals surface area contributed by atoms with Crippen LogP contribution in [0.5, 0.6) is 0 Å². The lowest BCUT2D eigenvalue weighted by Gasteiger charge is -2.17. The van der Waals surface area contributed by atoms with Crippen LogP contribution in [0.25, 0.3) is 0 Å². The van der Waals surface area contributed by atoms with Gasteiger partial charge in [-0.25, -0.2) is 4.39 Å². The van der Waals surface area contributed by atoms with Gasteiger partial charge < -0.3 is 10.6 Å². The van der Waals surface area contributed by atoms with Crippen LogP contribution in [-0.4, -0.2) is 17.1 Å². The van der Waals surface area contributed by atoms with E-state index in [1.54, 1.807) is 24.3 Å². The molecule has 0 saturated carbocycles. The van der Waals surface area contributed by atoms with E-state index in [1.165, 1.54) is 37.3 Å². The van der Waals surface area contributed by atoms with Gasteiger partial charge in [0.2, 0.25) is 5.91 Å². The molecule has 0 aliphatic rings. The minimum atomic E-state index is -4.69. The van der Waals surface area contributed by atoms with E-state index in [0.29, 0.717) is 10.6 Å². The molecular weight excluding hydrogens is 480 g/mol. The molecule has 3 aromatic rings. The summed E-state index contributed by atoms with van der Waals surface area (Å²) in [5.74, 6) is -1.94. The summed E-state index contributed by atoms with van der Waals surface area (Å²) in [5.41, 5.74) is -1.18. The van der Waals surface area contributed by atoms with Gasteiger partial charge in [-0.15, -0.1) is 11.8 Å². The van der Waals surface area contributed by atoms with Crippen molar-refractivity contribution in [1.82, 2.24) is 0 Å². The molecule has 0 bridgehead atoms. The van der Waals surface area contributed by atoms with Crippen LogP contribution in [0.15, 0.2) is 71.6 Å². The van der Waals surface area contributed by atoms with Crippen LogP contribution in [0.3, 0.4) is 0 Å². The Hall–Kier alpha value is -3.04. The fourth-order valence-corrected chi connectivity index (χ4v) is 3.94. The molecule has 0 aliphatic heterocycles. The first kappa shape index (κ1) is 24.6. The van der Waals surface area contributed by atoms with Crippen molar-refractivity contribution in [1.29, 1.82) is 0 Å². The van der Waals surface area contributed by atoms with Crippen LogP contribution in [0.2, 0.25) is 5.02 Å². The maximum absolute atomic E-state index is 13.8. The summed E-state index contributed by atoms with van der Waals surface area (Å²) >= 11 is 6.74. The molecule has 3 aromatic carbocycles. The quantitative estimate of drug-likeness (QED) is 0.289. The van der Waals surface area contributed by atoms with Gasteiger partial charge in [0, 0.05) is 15.6 Å². The van der Waals surface area contributed by atoms with Crippen molar-refractivity contribution in [3.63, 3.8) is 0 Å². The molecule has 1 atom stereocenters. The molecule has 4 nitrogen and oxygen atoms in total. The van der Waals surface area contributed by atoms with Crippen molar-refractivity contribution in [3.8, 4) is 0 Å². The highest BCUT2D eigenvalue weighted by molar-refractivity contribution is 8.00. The minimum Gasteiger partial charge on any atom is -0.325 e. The Morgan fingerprint density at radius 2 is 1.70 bits per heavy atom. The second-order valence-corrected chi connectivity index (χ2v) is 8.75. The number of carbonyl (C=O) groups excluding carboxylic acids is 2. The van der Waals surface area contributed by atoms with Gasteiger partial charge in [-0.1, -0.05) is 29.8 Å². The molecule has 3 rings (SSSR count). The maximum atomic E-state index is 13.8. The Bertz CT molecular complexity index is 1190. The topological polar surface area (TPSA) is 58.2 Å². The first-order valence-electron chi connectivity index (χ1n) is 9.55. The second-order valence-electron chi connectivity index (χ2n) is 6.90. The van der Waals surface area contributed by atoms with E-state index in [0.717, 1.165) is 23.9 Å². The summed E-state index contributed by atoms with van der Waals surface area (Å²) < 4.78 is 53.5. The Kier molecular flexibility index (Phi) is 7.65. The van der Waals surface area contributed by atoms with Crippen LogP contribution in [-0.2, 0) is 11.0 Å². The lowest BCUT2D eigenvalue weighted by molar-refractivity contribution is -0.137. The third-order valence-electron chi connectivity index (χ3n) is 4.44. The monoisotopic (exact) mass is 496 g/mol. The number of amides is 2. The number of alkyl halides is 3. The van der Waals surface area contributed by atoms with Gasteiger partial charge in [0.1, 0.15) is 5.82 Å². The van der Waals surface area contributed by atoms with Crippen molar-refractivity contribution < 1.29 is 27.2 Å². The largest absolute Gasteiger partial charge is 0.418 e. The van der Waals surface area contributed by atoms with Crippen LogP contribution >= 0.6 is 23.4 Å².